The van der Waals surface area contributed by atoms with Crippen molar-refractivity contribution in [1.29, 1.82) is 0 Å². The molecule has 2 aromatic carbocycles. The van der Waals surface area contributed by atoms with E-state index in [2.05, 4.69) is 10.7 Å². The van der Waals surface area contributed by atoms with Crippen molar-refractivity contribution in [2.45, 2.75) is 19.0 Å². The predicted octanol–water partition coefficient (Wildman–Crippen LogP) is 2.96. The van der Waals surface area contributed by atoms with Gasteiger partial charge in [0.25, 0.3) is 5.91 Å². The molecule has 34 heavy (non-hydrogen) atoms. The van der Waals surface area contributed by atoms with Gasteiger partial charge in [0.15, 0.2) is 10.9 Å². The fraction of sp³-hybridized carbons (Fsp3) is 0.167. The second-order valence-corrected chi connectivity index (χ2v) is 7.84. The molecule has 0 bridgehead atoms. The summed E-state index contributed by atoms with van der Waals surface area (Å²) >= 11 is 5.51. The molecular weight excluding hydrogens is 456 g/mol. The van der Waals surface area contributed by atoms with E-state index >= 15 is 0 Å². The molecule has 174 valence electrons. The van der Waals surface area contributed by atoms with Crippen LogP contribution in [0.25, 0.3) is 0 Å². The lowest BCUT2D eigenvalue weighted by atomic mass is 10.1. The molecule has 4 rings (SSSR count). The van der Waals surface area contributed by atoms with Gasteiger partial charge in [0.2, 0.25) is 5.91 Å². The minimum atomic E-state index is -1.02. The van der Waals surface area contributed by atoms with Crippen LogP contribution in [-0.4, -0.2) is 45.9 Å². The van der Waals surface area contributed by atoms with E-state index in [1.807, 2.05) is 30.3 Å². The number of hydrogen-bond acceptors (Lipinski definition) is 6. The van der Waals surface area contributed by atoms with Crippen LogP contribution in [0.5, 0.6) is 5.75 Å². The fourth-order valence-corrected chi connectivity index (χ4v) is 3.83. The van der Waals surface area contributed by atoms with Crippen molar-refractivity contribution in [3.8, 4) is 5.75 Å². The van der Waals surface area contributed by atoms with Gasteiger partial charge in [-0.2, -0.15) is 0 Å². The number of nitrogens with zero attached hydrogens (tertiary/aromatic N) is 2. The van der Waals surface area contributed by atoms with Crippen LogP contribution < -0.4 is 15.5 Å². The Bertz CT molecular complexity index is 1180. The molecule has 1 aliphatic heterocycles. The predicted molar refractivity (Wildman–Crippen MR) is 128 cm³/mol. The minimum absolute atomic E-state index is 0.0539. The van der Waals surface area contributed by atoms with E-state index in [4.69, 9.17) is 21.4 Å². The molecule has 1 fully saturated rings. The van der Waals surface area contributed by atoms with E-state index < -0.39 is 23.8 Å². The first-order chi connectivity index (χ1) is 16.5. The smallest absolute Gasteiger partial charge is 0.305 e. The number of carbonyl (C=O) groups is 3. The Balaban J connectivity index is 1.52. The Morgan fingerprint density at radius 2 is 1.79 bits per heavy atom. The van der Waals surface area contributed by atoms with Crippen molar-refractivity contribution in [3.05, 3.63) is 84.3 Å². The highest BCUT2D eigenvalue weighted by atomic mass is 32.1. The summed E-state index contributed by atoms with van der Waals surface area (Å²) in [5.74, 6) is -0.679. The number of nitrogens with one attached hydrogen (secondary N) is 2. The zero-order valence-corrected chi connectivity index (χ0v) is 19.1. The van der Waals surface area contributed by atoms with Gasteiger partial charge in [0.1, 0.15) is 11.8 Å². The Hall–Kier alpha value is -4.18. The van der Waals surface area contributed by atoms with Crippen molar-refractivity contribution in [2.24, 2.45) is 0 Å². The van der Waals surface area contributed by atoms with Crippen LogP contribution in [0, 0.1) is 0 Å². The average Bonchev–Trinajstić information content (AvgIpc) is 3.46. The molecule has 1 aliphatic rings. The van der Waals surface area contributed by atoms with Crippen molar-refractivity contribution < 1.29 is 23.5 Å². The number of hydrazine groups is 1. The average molecular weight is 479 g/mol. The summed E-state index contributed by atoms with van der Waals surface area (Å²) in [7, 11) is 1.55. The first-order valence-electron chi connectivity index (χ1n) is 10.4. The quantitative estimate of drug-likeness (QED) is 0.480. The highest BCUT2D eigenvalue weighted by Crippen LogP contribution is 2.23. The third-order valence-electron chi connectivity index (χ3n) is 5.20. The summed E-state index contributed by atoms with van der Waals surface area (Å²) in [6, 6.07) is 18.2. The molecule has 9 nitrogen and oxygen atoms in total. The van der Waals surface area contributed by atoms with Crippen molar-refractivity contribution in [3.63, 3.8) is 0 Å². The molecule has 0 saturated carbocycles. The van der Waals surface area contributed by atoms with E-state index in [9.17, 15) is 14.4 Å². The molecule has 10 heteroatoms. The Morgan fingerprint density at radius 1 is 1.06 bits per heavy atom. The minimum Gasteiger partial charge on any atom is -0.497 e. The Morgan fingerprint density at radius 3 is 2.44 bits per heavy atom. The number of carbonyl (C=O) groups excluding carboxylic acids is 3. The summed E-state index contributed by atoms with van der Waals surface area (Å²) in [5, 5.41) is 4.10. The van der Waals surface area contributed by atoms with Gasteiger partial charge in [-0.05, 0) is 54.2 Å². The molecule has 2 heterocycles. The maximum atomic E-state index is 13.3. The Labute approximate surface area is 201 Å². The lowest BCUT2D eigenvalue weighted by Crippen LogP contribution is -2.49. The molecule has 3 aromatic rings. The Kier molecular flexibility index (Phi) is 6.88. The SMILES string of the molecule is COc1ccc(NC(=O)CC2C(=O)N(Cc3ccccc3)C(=S)N2NC(=O)c2ccco2)cc1. The molecule has 1 saturated heterocycles. The van der Waals surface area contributed by atoms with Gasteiger partial charge in [-0.15, -0.1) is 0 Å². The highest BCUT2D eigenvalue weighted by molar-refractivity contribution is 7.80. The van der Waals surface area contributed by atoms with Gasteiger partial charge in [0.05, 0.1) is 26.3 Å². The van der Waals surface area contributed by atoms with Crippen LogP contribution in [0.2, 0.25) is 0 Å². The number of rotatable bonds is 8. The number of furan rings is 1. The van der Waals surface area contributed by atoms with Gasteiger partial charge < -0.3 is 14.5 Å². The highest BCUT2D eigenvalue weighted by Gasteiger charge is 2.44. The van der Waals surface area contributed by atoms with Gasteiger partial charge in [-0.25, -0.2) is 5.01 Å². The van der Waals surface area contributed by atoms with Crippen molar-refractivity contribution in [2.75, 3.05) is 12.4 Å². The number of thiocarbonyl (C=S) groups is 1. The largest absolute Gasteiger partial charge is 0.497 e. The molecular formula is C24H22N4O5S. The van der Waals surface area contributed by atoms with Crippen LogP contribution in [-0.2, 0) is 16.1 Å². The third kappa shape index (κ3) is 5.07. The normalized spacial score (nSPS) is 15.4. The van der Waals surface area contributed by atoms with Gasteiger partial charge in [-0.1, -0.05) is 30.3 Å². The summed E-state index contributed by atoms with van der Waals surface area (Å²) in [5.41, 5.74) is 4.02. The molecule has 0 spiro atoms. The van der Waals surface area contributed by atoms with Crippen LogP contribution >= 0.6 is 12.2 Å². The molecule has 3 amide bonds. The number of methoxy groups -OCH3 is 1. The molecule has 1 unspecified atom stereocenters. The van der Waals surface area contributed by atoms with Gasteiger partial charge in [-0.3, -0.25) is 24.7 Å². The third-order valence-corrected chi connectivity index (χ3v) is 5.62. The van der Waals surface area contributed by atoms with E-state index in [1.54, 1.807) is 37.4 Å². The monoisotopic (exact) mass is 478 g/mol. The zero-order chi connectivity index (χ0) is 24.1. The van der Waals surface area contributed by atoms with Crippen LogP contribution in [0.4, 0.5) is 5.69 Å². The standard InChI is InChI=1S/C24H22N4O5S/c1-32-18-11-9-17(10-12-18)25-21(29)14-19-23(31)27(15-16-6-3-2-4-7-16)24(34)28(19)26-22(30)20-8-5-13-33-20/h2-13,19H,14-15H2,1H3,(H,25,29)(H,26,30). The summed E-state index contributed by atoms with van der Waals surface area (Å²) < 4.78 is 10.3. The van der Waals surface area contributed by atoms with Crippen LogP contribution in [0.15, 0.2) is 77.4 Å². The number of ether oxygens (including phenoxy) is 1. The lowest BCUT2D eigenvalue weighted by Gasteiger charge is -2.23. The van der Waals surface area contributed by atoms with Crippen molar-refractivity contribution in [1.82, 2.24) is 15.3 Å². The summed E-state index contributed by atoms with van der Waals surface area (Å²) in [6.45, 7) is 0.211. The molecule has 0 radical (unpaired) electrons. The molecule has 1 atom stereocenters. The molecule has 0 aliphatic carbocycles. The second-order valence-electron chi connectivity index (χ2n) is 7.48. The summed E-state index contributed by atoms with van der Waals surface area (Å²) in [6.07, 6.45) is 1.14. The number of benzene rings is 2. The van der Waals surface area contributed by atoms with Crippen LogP contribution in [0.3, 0.4) is 0 Å². The molecule has 2 N–H and O–H groups in total. The lowest BCUT2D eigenvalue weighted by molar-refractivity contribution is -0.131. The fourth-order valence-electron chi connectivity index (χ4n) is 3.50. The maximum Gasteiger partial charge on any atom is 0.305 e. The first-order valence-corrected chi connectivity index (χ1v) is 10.8. The first kappa shape index (κ1) is 23.0. The molecule has 1 aromatic heterocycles. The number of amides is 3. The van der Waals surface area contributed by atoms with E-state index in [0.29, 0.717) is 11.4 Å². The van der Waals surface area contributed by atoms with Crippen LogP contribution in [0.1, 0.15) is 22.5 Å². The summed E-state index contributed by atoms with van der Waals surface area (Å²) in [4.78, 5) is 40.1. The second kappa shape index (κ2) is 10.2. The topological polar surface area (TPSA) is 104 Å². The number of hydrogen-bond donors (Lipinski definition) is 2. The van der Waals surface area contributed by atoms with E-state index in [1.165, 1.54) is 22.2 Å². The van der Waals surface area contributed by atoms with E-state index in [-0.39, 0.29) is 23.8 Å². The van der Waals surface area contributed by atoms with Crippen molar-refractivity contribution >= 4 is 40.7 Å². The maximum absolute atomic E-state index is 13.3. The van der Waals surface area contributed by atoms with E-state index in [0.717, 1.165) is 5.56 Å². The zero-order valence-electron chi connectivity index (χ0n) is 18.3. The number of anilines is 1. The van der Waals surface area contributed by atoms with Gasteiger partial charge >= 0.3 is 5.91 Å². The van der Waals surface area contributed by atoms with Gasteiger partial charge in [0, 0.05) is 5.69 Å².